The van der Waals surface area contributed by atoms with Gasteiger partial charge in [0.2, 0.25) is 5.91 Å². The standard InChI is InChI=1S/C15H24N4O2/c1-11(2)3-6-16-15(21)12-4-7-19(8-5-12)13-9-14(20)18-17-10-13/h9-12H,3-8H2,1-2H3,(H,16,21)(H,18,20). The second kappa shape index (κ2) is 7.24. The van der Waals surface area contributed by atoms with Gasteiger partial charge in [0, 0.05) is 31.6 Å². The Balaban J connectivity index is 1.80. The van der Waals surface area contributed by atoms with Crippen molar-refractivity contribution in [2.45, 2.75) is 33.1 Å². The first kappa shape index (κ1) is 15.5. The van der Waals surface area contributed by atoms with Crippen molar-refractivity contribution in [2.75, 3.05) is 24.5 Å². The van der Waals surface area contributed by atoms with Crippen molar-refractivity contribution in [3.05, 3.63) is 22.6 Å². The van der Waals surface area contributed by atoms with Gasteiger partial charge >= 0.3 is 0 Å². The van der Waals surface area contributed by atoms with E-state index in [2.05, 4.69) is 34.3 Å². The number of piperidine rings is 1. The molecule has 1 aromatic heterocycles. The van der Waals surface area contributed by atoms with Gasteiger partial charge in [-0.05, 0) is 25.2 Å². The maximum Gasteiger partial charge on any atom is 0.266 e. The summed E-state index contributed by atoms with van der Waals surface area (Å²) in [6.45, 7) is 6.63. The van der Waals surface area contributed by atoms with Crippen LogP contribution in [0.2, 0.25) is 0 Å². The first-order valence-electron chi connectivity index (χ1n) is 7.63. The zero-order valence-corrected chi connectivity index (χ0v) is 12.8. The van der Waals surface area contributed by atoms with Crippen molar-refractivity contribution < 1.29 is 4.79 Å². The topological polar surface area (TPSA) is 78.1 Å². The molecule has 1 fully saturated rings. The molecule has 6 nitrogen and oxygen atoms in total. The van der Waals surface area contributed by atoms with Gasteiger partial charge in [0.1, 0.15) is 0 Å². The Hall–Kier alpha value is -1.85. The van der Waals surface area contributed by atoms with Crippen LogP contribution in [-0.2, 0) is 4.79 Å². The van der Waals surface area contributed by atoms with Crippen LogP contribution in [-0.4, -0.2) is 35.7 Å². The molecule has 0 aliphatic carbocycles. The van der Waals surface area contributed by atoms with Crippen LogP contribution in [0, 0.1) is 11.8 Å². The van der Waals surface area contributed by atoms with Gasteiger partial charge < -0.3 is 10.2 Å². The summed E-state index contributed by atoms with van der Waals surface area (Å²) in [7, 11) is 0. The number of nitrogens with one attached hydrogen (secondary N) is 2. The molecule has 0 spiro atoms. The predicted octanol–water partition coefficient (Wildman–Crippen LogP) is 1.15. The van der Waals surface area contributed by atoms with E-state index in [-0.39, 0.29) is 17.4 Å². The first-order valence-corrected chi connectivity index (χ1v) is 7.63. The molecular weight excluding hydrogens is 268 g/mol. The summed E-state index contributed by atoms with van der Waals surface area (Å²) in [6, 6.07) is 1.55. The highest BCUT2D eigenvalue weighted by Gasteiger charge is 2.25. The van der Waals surface area contributed by atoms with Crippen molar-refractivity contribution in [3.8, 4) is 0 Å². The van der Waals surface area contributed by atoms with E-state index in [9.17, 15) is 9.59 Å². The highest BCUT2D eigenvalue weighted by atomic mass is 16.2. The Morgan fingerprint density at radius 3 is 2.81 bits per heavy atom. The van der Waals surface area contributed by atoms with Gasteiger partial charge in [-0.15, -0.1) is 0 Å². The molecule has 0 aromatic carbocycles. The molecule has 21 heavy (non-hydrogen) atoms. The monoisotopic (exact) mass is 292 g/mol. The van der Waals surface area contributed by atoms with Gasteiger partial charge in [0.15, 0.2) is 0 Å². The van der Waals surface area contributed by atoms with E-state index in [1.165, 1.54) is 0 Å². The molecule has 1 aliphatic rings. The summed E-state index contributed by atoms with van der Waals surface area (Å²) < 4.78 is 0. The van der Waals surface area contributed by atoms with Crippen LogP contribution in [0.3, 0.4) is 0 Å². The minimum atomic E-state index is -0.193. The van der Waals surface area contributed by atoms with E-state index in [4.69, 9.17) is 0 Å². The number of amides is 1. The van der Waals surface area contributed by atoms with Crippen molar-refractivity contribution in [1.82, 2.24) is 15.5 Å². The molecule has 6 heteroatoms. The molecule has 0 unspecified atom stereocenters. The van der Waals surface area contributed by atoms with Crippen LogP contribution >= 0.6 is 0 Å². The molecule has 2 N–H and O–H groups in total. The third-order valence-corrected chi connectivity index (χ3v) is 3.90. The molecule has 1 aromatic rings. The molecule has 116 valence electrons. The van der Waals surface area contributed by atoms with E-state index in [1.54, 1.807) is 12.3 Å². The van der Waals surface area contributed by atoms with E-state index < -0.39 is 0 Å². The number of aromatic nitrogens is 2. The lowest BCUT2D eigenvalue weighted by molar-refractivity contribution is -0.125. The van der Waals surface area contributed by atoms with Crippen molar-refractivity contribution in [3.63, 3.8) is 0 Å². The fourth-order valence-corrected chi connectivity index (χ4v) is 2.57. The van der Waals surface area contributed by atoms with E-state index in [0.29, 0.717) is 5.92 Å². The maximum absolute atomic E-state index is 12.1. The highest BCUT2D eigenvalue weighted by molar-refractivity contribution is 5.78. The smallest absolute Gasteiger partial charge is 0.266 e. The molecule has 0 radical (unpaired) electrons. The van der Waals surface area contributed by atoms with Gasteiger partial charge in [0.25, 0.3) is 5.56 Å². The quantitative estimate of drug-likeness (QED) is 0.853. The average Bonchev–Trinajstić information content (AvgIpc) is 2.47. The Labute approximate surface area is 124 Å². The maximum atomic E-state index is 12.1. The third-order valence-electron chi connectivity index (χ3n) is 3.90. The summed E-state index contributed by atoms with van der Waals surface area (Å²) in [5.41, 5.74) is 0.637. The summed E-state index contributed by atoms with van der Waals surface area (Å²) >= 11 is 0. The van der Waals surface area contributed by atoms with Crippen LogP contribution in [0.25, 0.3) is 0 Å². The Kier molecular flexibility index (Phi) is 5.36. The largest absolute Gasteiger partial charge is 0.370 e. The fourth-order valence-electron chi connectivity index (χ4n) is 2.57. The van der Waals surface area contributed by atoms with Gasteiger partial charge in [0.05, 0.1) is 11.9 Å². The molecule has 1 amide bonds. The van der Waals surface area contributed by atoms with E-state index in [0.717, 1.165) is 44.6 Å². The molecule has 0 atom stereocenters. The number of H-pyrrole nitrogens is 1. The molecule has 1 aliphatic heterocycles. The summed E-state index contributed by atoms with van der Waals surface area (Å²) in [6.07, 6.45) is 4.31. The van der Waals surface area contributed by atoms with Crippen LogP contribution in [0.1, 0.15) is 33.1 Å². The lowest BCUT2D eigenvalue weighted by atomic mass is 9.95. The third kappa shape index (κ3) is 4.58. The summed E-state index contributed by atoms with van der Waals surface area (Å²) in [5, 5.41) is 9.21. The number of carbonyl (C=O) groups excluding carboxylic acids is 1. The second-order valence-corrected chi connectivity index (χ2v) is 6.04. The number of anilines is 1. The Morgan fingerprint density at radius 1 is 1.48 bits per heavy atom. The number of hydrogen-bond donors (Lipinski definition) is 2. The SMILES string of the molecule is CC(C)CCNC(=O)C1CCN(c2cn[nH]c(=O)c2)CC1. The lowest BCUT2D eigenvalue weighted by Gasteiger charge is -2.32. The molecular formula is C15H24N4O2. The van der Waals surface area contributed by atoms with Crippen LogP contribution in [0.5, 0.6) is 0 Å². The van der Waals surface area contributed by atoms with Crippen molar-refractivity contribution >= 4 is 11.6 Å². The Bertz CT molecular complexity index is 518. The van der Waals surface area contributed by atoms with Crippen LogP contribution in [0.15, 0.2) is 17.1 Å². The molecule has 2 rings (SSSR count). The zero-order chi connectivity index (χ0) is 15.2. The van der Waals surface area contributed by atoms with Crippen molar-refractivity contribution in [2.24, 2.45) is 11.8 Å². The lowest BCUT2D eigenvalue weighted by Crippen LogP contribution is -2.41. The predicted molar refractivity (Wildman–Crippen MR) is 82.3 cm³/mol. The number of nitrogens with zero attached hydrogens (tertiary/aromatic N) is 2. The number of rotatable bonds is 5. The second-order valence-electron chi connectivity index (χ2n) is 6.04. The zero-order valence-electron chi connectivity index (χ0n) is 12.8. The van der Waals surface area contributed by atoms with Crippen molar-refractivity contribution in [1.29, 1.82) is 0 Å². The van der Waals surface area contributed by atoms with Crippen LogP contribution < -0.4 is 15.8 Å². The van der Waals surface area contributed by atoms with Gasteiger partial charge in [-0.1, -0.05) is 13.8 Å². The first-order chi connectivity index (χ1) is 10.1. The number of hydrogen-bond acceptors (Lipinski definition) is 4. The molecule has 2 heterocycles. The minimum absolute atomic E-state index is 0.0865. The van der Waals surface area contributed by atoms with Gasteiger partial charge in [-0.2, -0.15) is 5.10 Å². The minimum Gasteiger partial charge on any atom is -0.370 e. The van der Waals surface area contributed by atoms with E-state index in [1.807, 2.05) is 0 Å². The molecule has 0 bridgehead atoms. The number of aromatic amines is 1. The van der Waals surface area contributed by atoms with Gasteiger partial charge in [-0.3, -0.25) is 9.59 Å². The number of carbonyl (C=O) groups is 1. The highest BCUT2D eigenvalue weighted by Crippen LogP contribution is 2.21. The Morgan fingerprint density at radius 2 is 2.19 bits per heavy atom. The molecule has 1 saturated heterocycles. The summed E-state index contributed by atoms with van der Waals surface area (Å²) in [4.78, 5) is 25.5. The summed E-state index contributed by atoms with van der Waals surface area (Å²) in [5.74, 6) is 0.860. The van der Waals surface area contributed by atoms with E-state index >= 15 is 0 Å². The fraction of sp³-hybridized carbons (Fsp3) is 0.667. The average molecular weight is 292 g/mol. The van der Waals surface area contributed by atoms with Gasteiger partial charge in [-0.25, -0.2) is 5.10 Å². The van der Waals surface area contributed by atoms with Crippen LogP contribution in [0.4, 0.5) is 5.69 Å². The molecule has 0 saturated carbocycles. The normalized spacial score (nSPS) is 16.2.